The van der Waals surface area contributed by atoms with Gasteiger partial charge in [-0.3, -0.25) is 0 Å². The van der Waals surface area contributed by atoms with Crippen LogP contribution < -0.4 is 4.74 Å². The van der Waals surface area contributed by atoms with Gasteiger partial charge in [0, 0.05) is 5.02 Å². The van der Waals surface area contributed by atoms with Gasteiger partial charge in [0.25, 0.3) is 0 Å². The molecule has 4 heteroatoms. The van der Waals surface area contributed by atoms with Crippen molar-refractivity contribution in [2.45, 2.75) is 18.9 Å². The molecule has 0 aromatic heterocycles. The van der Waals surface area contributed by atoms with Crippen molar-refractivity contribution in [3.8, 4) is 16.9 Å². The second-order valence-electron chi connectivity index (χ2n) is 4.84. The Morgan fingerprint density at radius 1 is 1.15 bits per heavy atom. The van der Waals surface area contributed by atoms with Crippen LogP contribution >= 0.6 is 11.6 Å². The summed E-state index contributed by atoms with van der Waals surface area (Å²) < 4.78 is 5.68. The quantitative estimate of drug-likeness (QED) is 0.915. The molecule has 1 aliphatic rings. The summed E-state index contributed by atoms with van der Waals surface area (Å²) in [6.45, 7) is 0. The number of hydrogen-bond acceptors (Lipinski definition) is 2. The second kappa shape index (κ2) is 5.17. The average Bonchev–Trinajstić information content (AvgIpc) is 3.24. The summed E-state index contributed by atoms with van der Waals surface area (Å²) in [6, 6.07) is 12.4. The van der Waals surface area contributed by atoms with Gasteiger partial charge in [-0.2, -0.15) is 0 Å². The van der Waals surface area contributed by atoms with Gasteiger partial charge in [0.2, 0.25) is 0 Å². The molecular weight excluding hydrogens is 276 g/mol. The van der Waals surface area contributed by atoms with E-state index in [4.69, 9.17) is 16.3 Å². The highest BCUT2D eigenvalue weighted by atomic mass is 35.5. The maximum atomic E-state index is 11.3. The highest BCUT2D eigenvalue weighted by Gasteiger charge is 2.23. The largest absolute Gasteiger partial charge is 0.490 e. The molecule has 3 rings (SSSR count). The molecule has 0 atom stereocenters. The Balaban J connectivity index is 1.93. The van der Waals surface area contributed by atoms with Crippen molar-refractivity contribution in [1.29, 1.82) is 0 Å². The van der Waals surface area contributed by atoms with Gasteiger partial charge in [0.1, 0.15) is 5.75 Å². The van der Waals surface area contributed by atoms with Crippen molar-refractivity contribution in [1.82, 2.24) is 0 Å². The van der Waals surface area contributed by atoms with E-state index in [1.165, 1.54) is 6.07 Å². The first-order valence-electron chi connectivity index (χ1n) is 6.43. The zero-order chi connectivity index (χ0) is 14.1. The van der Waals surface area contributed by atoms with Crippen LogP contribution in [0.25, 0.3) is 11.1 Å². The lowest BCUT2D eigenvalue weighted by atomic mass is 10.00. The highest BCUT2D eigenvalue weighted by molar-refractivity contribution is 6.31. The first-order chi connectivity index (χ1) is 9.63. The van der Waals surface area contributed by atoms with Gasteiger partial charge in [-0.25, -0.2) is 4.79 Å². The minimum Gasteiger partial charge on any atom is -0.490 e. The highest BCUT2D eigenvalue weighted by Crippen LogP contribution is 2.30. The van der Waals surface area contributed by atoms with E-state index in [0.29, 0.717) is 16.7 Å². The van der Waals surface area contributed by atoms with Crippen LogP contribution in [0.4, 0.5) is 0 Å². The number of halogens is 1. The SMILES string of the molecule is O=C(O)c1cc(Cl)ccc1-c1ccc(OC2CC2)cc1. The number of carbonyl (C=O) groups is 1. The Morgan fingerprint density at radius 3 is 2.45 bits per heavy atom. The lowest BCUT2D eigenvalue weighted by molar-refractivity contribution is 0.0697. The second-order valence-corrected chi connectivity index (χ2v) is 5.27. The van der Waals surface area contributed by atoms with Crippen LogP contribution in [0.1, 0.15) is 23.2 Å². The van der Waals surface area contributed by atoms with Crippen LogP contribution in [0.3, 0.4) is 0 Å². The predicted molar refractivity (Wildman–Crippen MR) is 77.5 cm³/mol. The van der Waals surface area contributed by atoms with Gasteiger partial charge in [-0.1, -0.05) is 29.8 Å². The topological polar surface area (TPSA) is 46.5 Å². The Kier molecular flexibility index (Phi) is 3.36. The van der Waals surface area contributed by atoms with E-state index >= 15 is 0 Å². The number of aromatic carboxylic acids is 1. The summed E-state index contributed by atoms with van der Waals surface area (Å²) in [6.07, 6.45) is 2.58. The van der Waals surface area contributed by atoms with Crippen molar-refractivity contribution < 1.29 is 14.6 Å². The van der Waals surface area contributed by atoms with E-state index < -0.39 is 5.97 Å². The van der Waals surface area contributed by atoms with Crippen LogP contribution in [-0.2, 0) is 0 Å². The molecule has 0 unspecified atom stereocenters. The zero-order valence-electron chi connectivity index (χ0n) is 10.7. The molecule has 0 radical (unpaired) electrons. The van der Waals surface area contributed by atoms with E-state index in [2.05, 4.69) is 0 Å². The summed E-state index contributed by atoms with van der Waals surface area (Å²) in [5.41, 5.74) is 1.69. The molecule has 0 amide bonds. The molecule has 2 aromatic rings. The van der Waals surface area contributed by atoms with E-state index in [1.54, 1.807) is 12.1 Å². The lowest BCUT2D eigenvalue weighted by Gasteiger charge is -2.09. The van der Waals surface area contributed by atoms with Gasteiger partial charge < -0.3 is 9.84 Å². The van der Waals surface area contributed by atoms with Gasteiger partial charge in [0.15, 0.2) is 0 Å². The monoisotopic (exact) mass is 288 g/mol. The van der Waals surface area contributed by atoms with E-state index in [-0.39, 0.29) is 5.56 Å². The molecule has 3 nitrogen and oxygen atoms in total. The third-order valence-corrected chi connectivity index (χ3v) is 3.44. The number of benzene rings is 2. The fraction of sp³-hybridized carbons (Fsp3) is 0.188. The molecule has 0 heterocycles. The summed E-state index contributed by atoms with van der Waals surface area (Å²) in [4.78, 5) is 11.3. The molecule has 0 aliphatic heterocycles. The number of hydrogen-bond donors (Lipinski definition) is 1. The standard InChI is InChI=1S/C16H13ClO3/c17-11-3-8-14(15(9-11)16(18)19)10-1-4-12(5-2-10)20-13-6-7-13/h1-5,8-9,13H,6-7H2,(H,18,19). The van der Waals surface area contributed by atoms with Gasteiger partial charge >= 0.3 is 5.97 Å². The summed E-state index contributed by atoms with van der Waals surface area (Å²) in [7, 11) is 0. The molecule has 0 bridgehead atoms. The fourth-order valence-electron chi connectivity index (χ4n) is 2.04. The molecule has 2 aromatic carbocycles. The molecule has 1 aliphatic carbocycles. The first-order valence-corrected chi connectivity index (χ1v) is 6.81. The molecule has 0 spiro atoms. The van der Waals surface area contributed by atoms with Crippen molar-refractivity contribution in [2.75, 3.05) is 0 Å². The molecule has 20 heavy (non-hydrogen) atoms. The van der Waals surface area contributed by atoms with E-state index in [1.807, 2.05) is 24.3 Å². The van der Waals surface area contributed by atoms with Gasteiger partial charge in [-0.05, 0) is 48.2 Å². The summed E-state index contributed by atoms with van der Waals surface area (Å²) >= 11 is 5.85. The minimum atomic E-state index is -0.985. The minimum absolute atomic E-state index is 0.202. The summed E-state index contributed by atoms with van der Waals surface area (Å²) in [5, 5.41) is 9.67. The lowest BCUT2D eigenvalue weighted by Crippen LogP contribution is -2.00. The average molecular weight is 289 g/mol. The maximum Gasteiger partial charge on any atom is 0.336 e. The number of carboxylic acid groups (broad SMARTS) is 1. The molecule has 1 N–H and O–H groups in total. The van der Waals surface area contributed by atoms with Crippen LogP contribution in [0.15, 0.2) is 42.5 Å². The van der Waals surface area contributed by atoms with Crippen LogP contribution in [0, 0.1) is 0 Å². The van der Waals surface area contributed by atoms with E-state index in [9.17, 15) is 9.90 Å². The Bertz CT molecular complexity index is 645. The maximum absolute atomic E-state index is 11.3. The third-order valence-electron chi connectivity index (χ3n) is 3.20. The van der Waals surface area contributed by atoms with Gasteiger partial charge in [0.05, 0.1) is 11.7 Å². The Morgan fingerprint density at radius 2 is 1.85 bits per heavy atom. The fourth-order valence-corrected chi connectivity index (χ4v) is 2.21. The number of carboxylic acids is 1. The van der Waals surface area contributed by atoms with Crippen LogP contribution in [-0.4, -0.2) is 17.2 Å². The van der Waals surface area contributed by atoms with Crippen molar-refractivity contribution in [3.05, 3.63) is 53.1 Å². The van der Waals surface area contributed by atoms with Crippen molar-refractivity contribution in [3.63, 3.8) is 0 Å². The molecule has 0 saturated heterocycles. The Labute approximate surface area is 121 Å². The van der Waals surface area contributed by atoms with Crippen LogP contribution in [0.2, 0.25) is 5.02 Å². The molecule has 102 valence electrons. The zero-order valence-corrected chi connectivity index (χ0v) is 11.4. The Hall–Kier alpha value is -2.00. The predicted octanol–water partition coefficient (Wildman–Crippen LogP) is 4.25. The molecule has 1 saturated carbocycles. The number of ether oxygens (including phenoxy) is 1. The third kappa shape index (κ3) is 2.78. The van der Waals surface area contributed by atoms with Crippen molar-refractivity contribution in [2.24, 2.45) is 0 Å². The van der Waals surface area contributed by atoms with Gasteiger partial charge in [-0.15, -0.1) is 0 Å². The van der Waals surface area contributed by atoms with E-state index in [0.717, 1.165) is 24.2 Å². The van der Waals surface area contributed by atoms with Crippen LogP contribution in [0.5, 0.6) is 5.75 Å². The first kappa shape index (κ1) is 13.0. The normalized spacial score (nSPS) is 14.1. The molecule has 1 fully saturated rings. The molecular formula is C16H13ClO3. The number of rotatable bonds is 4. The van der Waals surface area contributed by atoms with Crippen molar-refractivity contribution >= 4 is 17.6 Å². The summed E-state index contributed by atoms with van der Waals surface area (Å²) in [5.74, 6) is -0.164. The smallest absolute Gasteiger partial charge is 0.336 e.